The number of aromatic nitrogens is 5. The Morgan fingerprint density at radius 2 is 2.35 bits per heavy atom. The fourth-order valence-corrected chi connectivity index (χ4v) is 2.81. The van der Waals surface area contributed by atoms with Gasteiger partial charge < -0.3 is 10.3 Å². The first-order chi connectivity index (χ1) is 9.74. The van der Waals surface area contributed by atoms with Crippen molar-refractivity contribution >= 4 is 0 Å². The molecule has 2 unspecified atom stereocenters. The average Bonchev–Trinajstić information content (AvgIpc) is 3.08. The predicted octanol–water partition coefficient (Wildman–Crippen LogP) is 1.46. The number of rotatable bonds is 4. The molecule has 2 heterocycles. The van der Waals surface area contributed by atoms with E-state index in [1.54, 1.807) is 10.9 Å². The highest BCUT2D eigenvalue weighted by atomic mass is 16.5. The number of nitrogens with two attached hydrogens (primary N) is 1. The average molecular weight is 276 g/mol. The van der Waals surface area contributed by atoms with Gasteiger partial charge in [-0.25, -0.2) is 4.68 Å². The maximum absolute atomic E-state index is 5.50. The van der Waals surface area contributed by atoms with E-state index in [4.69, 9.17) is 10.3 Å². The first-order valence-electron chi connectivity index (χ1n) is 7.16. The van der Waals surface area contributed by atoms with Crippen LogP contribution in [-0.2, 0) is 13.1 Å². The van der Waals surface area contributed by atoms with Gasteiger partial charge in [-0.2, -0.15) is 4.98 Å². The lowest BCUT2D eigenvalue weighted by Crippen LogP contribution is -2.13. The van der Waals surface area contributed by atoms with E-state index in [0.717, 1.165) is 30.3 Å². The molecule has 7 heteroatoms. The van der Waals surface area contributed by atoms with E-state index in [2.05, 4.69) is 27.4 Å². The highest BCUT2D eigenvalue weighted by Crippen LogP contribution is 2.34. The molecule has 0 radical (unpaired) electrons. The van der Waals surface area contributed by atoms with Gasteiger partial charge in [0, 0.05) is 12.5 Å². The molecule has 0 bridgehead atoms. The van der Waals surface area contributed by atoms with Gasteiger partial charge in [0.15, 0.2) is 5.82 Å². The van der Waals surface area contributed by atoms with Gasteiger partial charge in [0.1, 0.15) is 6.54 Å². The van der Waals surface area contributed by atoms with Crippen LogP contribution in [0.15, 0.2) is 10.7 Å². The maximum atomic E-state index is 5.50. The van der Waals surface area contributed by atoms with E-state index in [1.165, 1.54) is 12.8 Å². The van der Waals surface area contributed by atoms with Crippen molar-refractivity contribution < 1.29 is 4.52 Å². The standard InChI is InChI=1S/C13H20N6O/c1-9-3-2-4-10(5-9)13-15-12(20-17-13)8-19-7-11(6-14)16-18-19/h7,9-10H,2-6,8,14H2,1H3. The van der Waals surface area contributed by atoms with Gasteiger partial charge in [-0.3, -0.25) is 0 Å². The third-order valence-electron chi connectivity index (χ3n) is 3.88. The van der Waals surface area contributed by atoms with Gasteiger partial charge in [-0.15, -0.1) is 5.10 Å². The molecule has 0 aromatic carbocycles. The zero-order chi connectivity index (χ0) is 13.9. The molecular formula is C13H20N6O. The second-order valence-electron chi connectivity index (χ2n) is 5.63. The Morgan fingerprint density at radius 1 is 1.45 bits per heavy atom. The van der Waals surface area contributed by atoms with E-state index < -0.39 is 0 Å². The molecule has 1 aliphatic rings. The van der Waals surface area contributed by atoms with Crippen LogP contribution >= 0.6 is 0 Å². The van der Waals surface area contributed by atoms with Crippen LogP contribution in [-0.4, -0.2) is 25.1 Å². The van der Waals surface area contributed by atoms with Crippen molar-refractivity contribution in [3.8, 4) is 0 Å². The lowest BCUT2D eigenvalue weighted by atomic mass is 9.82. The Hall–Kier alpha value is -1.76. The Labute approximate surface area is 117 Å². The van der Waals surface area contributed by atoms with Crippen molar-refractivity contribution in [1.29, 1.82) is 0 Å². The van der Waals surface area contributed by atoms with Crippen LogP contribution in [0.4, 0.5) is 0 Å². The summed E-state index contributed by atoms with van der Waals surface area (Å²) in [6.45, 7) is 3.12. The summed E-state index contributed by atoms with van der Waals surface area (Å²) < 4.78 is 6.99. The number of hydrogen-bond donors (Lipinski definition) is 1. The van der Waals surface area contributed by atoms with Crippen LogP contribution in [0.3, 0.4) is 0 Å². The van der Waals surface area contributed by atoms with Crippen LogP contribution < -0.4 is 5.73 Å². The second kappa shape index (κ2) is 5.70. The molecule has 2 atom stereocenters. The normalized spacial score (nSPS) is 23.1. The molecule has 0 saturated heterocycles. The zero-order valence-electron chi connectivity index (χ0n) is 11.7. The Bertz CT molecular complexity index is 563. The van der Waals surface area contributed by atoms with E-state index in [0.29, 0.717) is 24.9 Å². The summed E-state index contributed by atoms with van der Waals surface area (Å²) in [5.41, 5.74) is 6.26. The zero-order valence-corrected chi connectivity index (χ0v) is 11.7. The summed E-state index contributed by atoms with van der Waals surface area (Å²) in [6, 6.07) is 0. The first-order valence-corrected chi connectivity index (χ1v) is 7.16. The summed E-state index contributed by atoms with van der Waals surface area (Å²) in [6.07, 6.45) is 6.66. The SMILES string of the molecule is CC1CCCC(c2noc(Cn3cc(CN)nn3)n2)C1. The van der Waals surface area contributed by atoms with Gasteiger partial charge in [0.05, 0.1) is 11.9 Å². The summed E-state index contributed by atoms with van der Waals surface area (Å²) in [5.74, 6) is 2.60. The number of hydrogen-bond acceptors (Lipinski definition) is 6. The van der Waals surface area contributed by atoms with Crippen LogP contribution in [0.25, 0.3) is 0 Å². The van der Waals surface area contributed by atoms with Gasteiger partial charge in [0.2, 0.25) is 5.89 Å². The van der Waals surface area contributed by atoms with Crippen LogP contribution in [0.1, 0.15) is 55.9 Å². The molecule has 0 amide bonds. The molecular weight excluding hydrogens is 256 g/mol. The minimum Gasteiger partial charge on any atom is -0.337 e. The fourth-order valence-electron chi connectivity index (χ4n) is 2.81. The van der Waals surface area contributed by atoms with Crippen molar-refractivity contribution in [3.05, 3.63) is 23.6 Å². The van der Waals surface area contributed by atoms with Gasteiger partial charge in [-0.1, -0.05) is 30.1 Å². The lowest BCUT2D eigenvalue weighted by Gasteiger charge is -2.23. The Kier molecular flexibility index (Phi) is 3.77. The number of nitrogens with zero attached hydrogens (tertiary/aromatic N) is 5. The van der Waals surface area contributed by atoms with E-state index >= 15 is 0 Å². The van der Waals surface area contributed by atoms with Gasteiger partial charge >= 0.3 is 0 Å². The third-order valence-corrected chi connectivity index (χ3v) is 3.88. The second-order valence-corrected chi connectivity index (χ2v) is 5.63. The lowest BCUT2D eigenvalue weighted by molar-refractivity contribution is 0.318. The van der Waals surface area contributed by atoms with E-state index in [9.17, 15) is 0 Å². The van der Waals surface area contributed by atoms with E-state index in [1.807, 2.05) is 0 Å². The monoisotopic (exact) mass is 276 g/mol. The van der Waals surface area contributed by atoms with Gasteiger partial charge in [-0.05, 0) is 18.8 Å². The van der Waals surface area contributed by atoms with Crippen molar-refractivity contribution in [3.63, 3.8) is 0 Å². The molecule has 0 aliphatic heterocycles. The van der Waals surface area contributed by atoms with Crippen molar-refractivity contribution in [2.75, 3.05) is 0 Å². The minimum absolute atomic E-state index is 0.384. The first kappa shape index (κ1) is 13.2. The summed E-state index contributed by atoms with van der Waals surface area (Å²) in [7, 11) is 0. The molecule has 20 heavy (non-hydrogen) atoms. The van der Waals surface area contributed by atoms with Crippen LogP contribution in [0.5, 0.6) is 0 Å². The molecule has 1 aliphatic carbocycles. The Morgan fingerprint density at radius 3 is 3.10 bits per heavy atom. The highest BCUT2D eigenvalue weighted by molar-refractivity contribution is 4.99. The van der Waals surface area contributed by atoms with Crippen molar-refractivity contribution in [1.82, 2.24) is 25.1 Å². The smallest absolute Gasteiger partial charge is 0.248 e. The fraction of sp³-hybridized carbons (Fsp3) is 0.692. The largest absolute Gasteiger partial charge is 0.337 e. The quantitative estimate of drug-likeness (QED) is 0.908. The van der Waals surface area contributed by atoms with Crippen molar-refractivity contribution in [2.45, 2.75) is 51.6 Å². The molecule has 3 rings (SSSR count). The minimum atomic E-state index is 0.384. The maximum Gasteiger partial charge on any atom is 0.248 e. The molecule has 1 fully saturated rings. The summed E-state index contributed by atoms with van der Waals surface area (Å²) in [4.78, 5) is 4.50. The molecule has 2 aromatic rings. The summed E-state index contributed by atoms with van der Waals surface area (Å²) in [5, 5.41) is 12.0. The molecule has 2 N–H and O–H groups in total. The molecule has 2 aromatic heterocycles. The third kappa shape index (κ3) is 2.87. The molecule has 7 nitrogen and oxygen atoms in total. The Balaban J connectivity index is 1.67. The van der Waals surface area contributed by atoms with Gasteiger partial charge in [0.25, 0.3) is 0 Å². The molecule has 0 spiro atoms. The molecule has 108 valence electrons. The summed E-state index contributed by atoms with van der Waals surface area (Å²) >= 11 is 0. The van der Waals surface area contributed by atoms with Crippen LogP contribution in [0, 0.1) is 5.92 Å². The van der Waals surface area contributed by atoms with E-state index in [-0.39, 0.29) is 0 Å². The molecule has 1 saturated carbocycles. The predicted molar refractivity (Wildman–Crippen MR) is 71.7 cm³/mol. The van der Waals surface area contributed by atoms with Crippen LogP contribution in [0.2, 0.25) is 0 Å². The highest BCUT2D eigenvalue weighted by Gasteiger charge is 2.24. The topological polar surface area (TPSA) is 95.7 Å². The van der Waals surface area contributed by atoms with Crippen molar-refractivity contribution in [2.24, 2.45) is 11.7 Å².